The first-order valence-electron chi connectivity index (χ1n) is 5.00. The molecule has 3 unspecified atom stereocenters. The Labute approximate surface area is 69.6 Å². The number of nitrogens with one attached hydrogen (secondary N) is 1. The van der Waals surface area contributed by atoms with Gasteiger partial charge in [-0.25, -0.2) is 0 Å². The third-order valence-electron chi connectivity index (χ3n) is 3.57. The highest BCUT2D eigenvalue weighted by atomic mass is 14.9. The van der Waals surface area contributed by atoms with Gasteiger partial charge >= 0.3 is 0 Å². The molecule has 0 spiro atoms. The van der Waals surface area contributed by atoms with Gasteiger partial charge in [-0.05, 0) is 43.6 Å². The van der Waals surface area contributed by atoms with Crippen LogP contribution >= 0.6 is 0 Å². The van der Waals surface area contributed by atoms with Crippen LogP contribution in [0.5, 0.6) is 0 Å². The van der Waals surface area contributed by atoms with Gasteiger partial charge in [-0.3, -0.25) is 0 Å². The molecule has 0 aromatic carbocycles. The lowest BCUT2D eigenvalue weighted by molar-refractivity contribution is 0.0969. The fourth-order valence-corrected chi connectivity index (χ4v) is 2.84. The van der Waals surface area contributed by atoms with E-state index in [1.54, 1.807) is 0 Å². The Morgan fingerprint density at radius 2 is 2.09 bits per heavy atom. The van der Waals surface area contributed by atoms with Crippen LogP contribution in [0, 0.1) is 17.8 Å². The Kier molecular flexibility index (Phi) is 1.92. The van der Waals surface area contributed by atoms with Crippen LogP contribution in [-0.4, -0.2) is 12.6 Å². The number of hydrogen-bond acceptors (Lipinski definition) is 1. The van der Waals surface area contributed by atoms with Gasteiger partial charge in [0, 0.05) is 6.04 Å². The van der Waals surface area contributed by atoms with Crippen LogP contribution in [0.2, 0.25) is 0 Å². The molecular formula is C10H19N. The molecule has 3 aliphatic rings. The molecule has 2 heterocycles. The molecule has 2 aliphatic heterocycles. The van der Waals surface area contributed by atoms with Crippen molar-refractivity contribution in [2.75, 3.05) is 6.54 Å². The van der Waals surface area contributed by atoms with Crippen LogP contribution in [0.1, 0.15) is 33.1 Å². The van der Waals surface area contributed by atoms with Gasteiger partial charge in [-0.1, -0.05) is 13.8 Å². The van der Waals surface area contributed by atoms with Crippen molar-refractivity contribution in [2.24, 2.45) is 17.8 Å². The zero-order valence-electron chi connectivity index (χ0n) is 7.64. The lowest BCUT2D eigenvalue weighted by Gasteiger charge is -2.45. The summed E-state index contributed by atoms with van der Waals surface area (Å²) < 4.78 is 0. The average molecular weight is 153 g/mol. The fraction of sp³-hybridized carbons (Fsp3) is 1.00. The number of piperidine rings is 2. The summed E-state index contributed by atoms with van der Waals surface area (Å²) in [6.07, 6.45) is 4.37. The van der Waals surface area contributed by atoms with Crippen LogP contribution in [0.4, 0.5) is 0 Å². The molecule has 3 rings (SSSR count). The first kappa shape index (κ1) is 7.60. The van der Waals surface area contributed by atoms with Crippen molar-refractivity contribution in [3.05, 3.63) is 0 Å². The summed E-state index contributed by atoms with van der Waals surface area (Å²) in [7, 11) is 0. The summed E-state index contributed by atoms with van der Waals surface area (Å²) >= 11 is 0. The number of rotatable bonds is 1. The third-order valence-corrected chi connectivity index (χ3v) is 3.57. The SMILES string of the molecule is CC(C)C1CC2CCC1CN2. The van der Waals surface area contributed by atoms with E-state index in [2.05, 4.69) is 19.2 Å². The van der Waals surface area contributed by atoms with Gasteiger partial charge < -0.3 is 5.32 Å². The monoisotopic (exact) mass is 153 g/mol. The predicted molar refractivity (Wildman–Crippen MR) is 47.5 cm³/mol. The summed E-state index contributed by atoms with van der Waals surface area (Å²) in [4.78, 5) is 0. The zero-order chi connectivity index (χ0) is 7.84. The van der Waals surface area contributed by atoms with Crippen molar-refractivity contribution in [2.45, 2.75) is 39.2 Å². The lowest BCUT2D eigenvalue weighted by atomic mass is 9.69. The molecule has 64 valence electrons. The molecule has 1 heteroatoms. The first-order valence-corrected chi connectivity index (χ1v) is 5.00. The van der Waals surface area contributed by atoms with E-state index in [-0.39, 0.29) is 0 Å². The quantitative estimate of drug-likeness (QED) is 0.608. The summed E-state index contributed by atoms with van der Waals surface area (Å²) in [5.74, 6) is 2.93. The molecule has 0 aromatic rings. The Morgan fingerprint density at radius 3 is 2.36 bits per heavy atom. The zero-order valence-corrected chi connectivity index (χ0v) is 7.64. The maximum absolute atomic E-state index is 3.60. The molecule has 3 atom stereocenters. The molecule has 11 heavy (non-hydrogen) atoms. The van der Waals surface area contributed by atoms with Gasteiger partial charge in [0.15, 0.2) is 0 Å². The summed E-state index contributed by atoms with van der Waals surface area (Å²) in [6, 6.07) is 0.868. The van der Waals surface area contributed by atoms with Gasteiger partial charge in [-0.15, -0.1) is 0 Å². The Balaban J connectivity index is 2.03. The van der Waals surface area contributed by atoms with Crippen LogP contribution in [-0.2, 0) is 0 Å². The van der Waals surface area contributed by atoms with Crippen molar-refractivity contribution in [3.8, 4) is 0 Å². The van der Waals surface area contributed by atoms with Gasteiger partial charge in [0.2, 0.25) is 0 Å². The molecule has 1 nitrogen and oxygen atoms in total. The molecule has 2 bridgehead atoms. The van der Waals surface area contributed by atoms with E-state index in [0.29, 0.717) is 0 Å². The Bertz CT molecular complexity index is 134. The minimum Gasteiger partial charge on any atom is -0.314 e. The standard InChI is InChI=1S/C10H19N/c1-7(2)10-5-9-4-3-8(10)6-11-9/h7-11H,3-6H2,1-2H3. The van der Waals surface area contributed by atoms with E-state index in [1.165, 1.54) is 25.8 Å². The molecule has 0 amide bonds. The minimum atomic E-state index is 0.868. The summed E-state index contributed by atoms with van der Waals surface area (Å²) in [5.41, 5.74) is 0. The molecular weight excluding hydrogens is 134 g/mol. The van der Waals surface area contributed by atoms with Crippen molar-refractivity contribution >= 4 is 0 Å². The Morgan fingerprint density at radius 1 is 1.27 bits per heavy atom. The van der Waals surface area contributed by atoms with E-state index in [4.69, 9.17) is 0 Å². The second kappa shape index (κ2) is 2.78. The van der Waals surface area contributed by atoms with E-state index in [1.807, 2.05) is 0 Å². The van der Waals surface area contributed by atoms with Crippen molar-refractivity contribution in [1.82, 2.24) is 5.32 Å². The van der Waals surface area contributed by atoms with Gasteiger partial charge in [-0.2, -0.15) is 0 Å². The van der Waals surface area contributed by atoms with Crippen molar-refractivity contribution in [1.29, 1.82) is 0 Å². The van der Waals surface area contributed by atoms with E-state index >= 15 is 0 Å². The molecule has 1 N–H and O–H groups in total. The highest BCUT2D eigenvalue weighted by Gasteiger charge is 2.36. The summed E-state index contributed by atoms with van der Waals surface area (Å²) in [6.45, 7) is 6.06. The molecule has 2 saturated heterocycles. The van der Waals surface area contributed by atoms with Crippen LogP contribution in [0.25, 0.3) is 0 Å². The average Bonchev–Trinajstić information content (AvgIpc) is 2.06. The second-order valence-corrected chi connectivity index (χ2v) is 4.59. The maximum Gasteiger partial charge on any atom is 0.00701 e. The van der Waals surface area contributed by atoms with Gasteiger partial charge in [0.05, 0.1) is 0 Å². The highest BCUT2D eigenvalue weighted by Crippen LogP contribution is 2.38. The topological polar surface area (TPSA) is 12.0 Å². The second-order valence-electron chi connectivity index (χ2n) is 4.59. The van der Waals surface area contributed by atoms with E-state index in [0.717, 1.165) is 23.8 Å². The molecule has 1 saturated carbocycles. The van der Waals surface area contributed by atoms with E-state index < -0.39 is 0 Å². The maximum atomic E-state index is 3.60. The predicted octanol–water partition coefficient (Wildman–Crippen LogP) is 2.03. The summed E-state index contributed by atoms with van der Waals surface area (Å²) in [5, 5.41) is 3.60. The van der Waals surface area contributed by atoms with Gasteiger partial charge in [0.25, 0.3) is 0 Å². The molecule has 0 aromatic heterocycles. The van der Waals surface area contributed by atoms with Gasteiger partial charge in [0.1, 0.15) is 0 Å². The van der Waals surface area contributed by atoms with Crippen LogP contribution in [0.15, 0.2) is 0 Å². The van der Waals surface area contributed by atoms with Crippen LogP contribution < -0.4 is 5.32 Å². The van der Waals surface area contributed by atoms with E-state index in [9.17, 15) is 0 Å². The van der Waals surface area contributed by atoms with Crippen molar-refractivity contribution < 1.29 is 0 Å². The van der Waals surface area contributed by atoms with Crippen molar-refractivity contribution in [3.63, 3.8) is 0 Å². The molecule has 0 radical (unpaired) electrons. The lowest BCUT2D eigenvalue weighted by Crippen LogP contribution is -2.50. The smallest absolute Gasteiger partial charge is 0.00701 e. The Hall–Kier alpha value is -0.0400. The van der Waals surface area contributed by atoms with Crippen LogP contribution in [0.3, 0.4) is 0 Å². The molecule has 3 fully saturated rings. The highest BCUT2D eigenvalue weighted by molar-refractivity contribution is 4.91. The molecule has 1 aliphatic carbocycles. The number of hydrogen-bond donors (Lipinski definition) is 1. The minimum absolute atomic E-state index is 0.868. The largest absolute Gasteiger partial charge is 0.314 e. The fourth-order valence-electron chi connectivity index (χ4n) is 2.84. The third kappa shape index (κ3) is 1.31. The first-order chi connectivity index (χ1) is 5.27. The number of fused-ring (bicyclic) bond motifs is 3. The normalized spacial score (nSPS) is 43.4.